The topological polar surface area (TPSA) is 70.2 Å². The molecule has 4 heterocycles. The van der Waals surface area contributed by atoms with Crippen molar-refractivity contribution < 1.29 is 4.79 Å². The van der Waals surface area contributed by atoms with Crippen molar-refractivity contribution in [3.8, 4) is 11.3 Å². The third-order valence-corrected chi connectivity index (χ3v) is 5.50. The summed E-state index contributed by atoms with van der Waals surface area (Å²) in [6.45, 7) is 7.74. The third kappa shape index (κ3) is 3.78. The van der Waals surface area contributed by atoms with Crippen molar-refractivity contribution in [2.75, 3.05) is 13.1 Å². The highest BCUT2D eigenvalue weighted by Gasteiger charge is 2.32. The van der Waals surface area contributed by atoms with Crippen molar-refractivity contribution in [1.29, 1.82) is 0 Å². The molecule has 1 amide bonds. The summed E-state index contributed by atoms with van der Waals surface area (Å²) in [6, 6.07) is 10.3. The smallest absolute Gasteiger partial charge is 0.271 e. The normalized spacial score (nSPS) is 21.7. The number of carbonyl (C=O) groups is 1. The van der Waals surface area contributed by atoms with Crippen LogP contribution >= 0.6 is 0 Å². The van der Waals surface area contributed by atoms with Gasteiger partial charge in [0.05, 0.1) is 5.69 Å². The van der Waals surface area contributed by atoms with Gasteiger partial charge >= 0.3 is 0 Å². The summed E-state index contributed by atoms with van der Waals surface area (Å²) in [6.07, 6.45) is 4.74. The third-order valence-electron chi connectivity index (χ3n) is 5.50. The zero-order chi connectivity index (χ0) is 19.7. The molecule has 146 valence electrons. The van der Waals surface area contributed by atoms with Gasteiger partial charge in [0, 0.05) is 48.2 Å². The largest absolute Gasteiger partial charge is 0.337 e. The molecule has 1 fully saturated rings. The Hall–Kier alpha value is -2.73. The van der Waals surface area contributed by atoms with Crippen LogP contribution in [0.1, 0.15) is 37.6 Å². The predicted octanol–water partition coefficient (Wildman–Crippen LogP) is 2.78. The highest BCUT2D eigenvalue weighted by atomic mass is 16.2. The maximum Gasteiger partial charge on any atom is 0.271 e. The number of hydrogen-bond acceptors (Lipinski definition) is 5. The van der Waals surface area contributed by atoms with E-state index in [-0.39, 0.29) is 17.9 Å². The Labute approximate surface area is 166 Å². The quantitative estimate of drug-likeness (QED) is 0.857. The summed E-state index contributed by atoms with van der Waals surface area (Å²) >= 11 is 0. The zero-order valence-electron chi connectivity index (χ0n) is 16.6. The van der Waals surface area contributed by atoms with Gasteiger partial charge in [0.1, 0.15) is 5.70 Å². The standard InChI is InChI=1S/C22H27N5O/c1-14(2)19-12-21(26-25-19)22(28)27-9-7-16(13-27)20-11-17(10-15(3)24-20)18-6-4-5-8-23-18/h4-6,8,10-12,14,16,19,25-26H,7,9,13H2,1-3H3. The lowest BCUT2D eigenvalue weighted by Crippen LogP contribution is -2.39. The highest BCUT2D eigenvalue weighted by molar-refractivity contribution is 5.93. The van der Waals surface area contributed by atoms with Crippen molar-refractivity contribution in [3.63, 3.8) is 0 Å². The molecule has 4 rings (SSSR count). The van der Waals surface area contributed by atoms with E-state index in [0.29, 0.717) is 18.2 Å². The molecule has 2 aliphatic rings. The number of nitrogens with one attached hydrogen (secondary N) is 2. The van der Waals surface area contributed by atoms with Gasteiger partial charge in [0.15, 0.2) is 0 Å². The van der Waals surface area contributed by atoms with Crippen LogP contribution in [0.2, 0.25) is 0 Å². The van der Waals surface area contributed by atoms with Gasteiger partial charge in [-0.2, -0.15) is 0 Å². The lowest BCUT2D eigenvalue weighted by atomic mass is 10.0. The second-order valence-electron chi connectivity index (χ2n) is 7.99. The van der Waals surface area contributed by atoms with Crippen LogP contribution in [0.4, 0.5) is 0 Å². The summed E-state index contributed by atoms with van der Waals surface area (Å²) in [5.74, 6) is 0.753. The molecular weight excluding hydrogens is 350 g/mol. The molecule has 0 bridgehead atoms. The fourth-order valence-electron chi connectivity index (χ4n) is 3.85. The summed E-state index contributed by atoms with van der Waals surface area (Å²) in [5.41, 5.74) is 10.9. The number of nitrogens with zero attached hydrogens (tertiary/aromatic N) is 3. The molecule has 1 saturated heterocycles. The van der Waals surface area contributed by atoms with Gasteiger partial charge in [-0.05, 0) is 49.6 Å². The van der Waals surface area contributed by atoms with Crippen LogP contribution < -0.4 is 10.9 Å². The van der Waals surface area contributed by atoms with Crippen LogP contribution in [0.25, 0.3) is 11.3 Å². The van der Waals surface area contributed by atoms with Gasteiger partial charge in [-0.1, -0.05) is 19.9 Å². The van der Waals surface area contributed by atoms with Crippen molar-refractivity contribution in [2.24, 2.45) is 5.92 Å². The van der Waals surface area contributed by atoms with Crippen LogP contribution in [0, 0.1) is 12.8 Å². The fourth-order valence-corrected chi connectivity index (χ4v) is 3.85. The number of carbonyl (C=O) groups excluding carboxylic acids is 1. The Morgan fingerprint density at radius 2 is 2.14 bits per heavy atom. The summed E-state index contributed by atoms with van der Waals surface area (Å²) in [7, 11) is 0. The van der Waals surface area contributed by atoms with Gasteiger partial charge in [0.25, 0.3) is 5.91 Å². The predicted molar refractivity (Wildman–Crippen MR) is 109 cm³/mol. The average Bonchev–Trinajstić information content (AvgIpc) is 3.38. The van der Waals surface area contributed by atoms with Crippen molar-refractivity contribution in [3.05, 3.63) is 59.7 Å². The van der Waals surface area contributed by atoms with Crippen molar-refractivity contribution in [1.82, 2.24) is 25.7 Å². The van der Waals surface area contributed by atoms with Crippen molar-refractivity contribution >= 4 is 5.91 Å². The molecule has 2 aromatic rings. The molecule has 6 heteroatoms. The van der Waals surface area contributed by atoms with E-state index in [1.807, 2.05) is 42.3 Å². The van der Waals surface area contributed by atoms with Crippen molar-refractivity contribution in [2.45, 2.75) is 39.2 Å². The van der Waals surface area contributed by atoms with Crippen LogP contribution in [0.5, 0.6) is 0 Å². The van der Waals surface area contributed by atoms with Crippen LogP contribution in [-0.2, 0) is 4.79 Å². The summed E-state index contributed by atoms with van der Waals surface area (Å²) < 4.78 is 0. The number of aryl methyl sites for hydroxylation is 1. The van der Waals surface area contributed by atoms with E-state index < -0.39 is 0 Å². The van der Waals surface area contributed by atoms with E-state index in [1.165, 1.54) is 0 Å². The Balaban J connectivity index is 1.50. The van der Waals surface area contributed by atoms with E-state index in [1.54, 1.807) is 0 Å². The minimum absolute atomic E-state index is 0.0655. The first-order chi connectivity index (χ1) is 13.5. The lowest BCUT2D eigenvalue weighted by Gasteiger charge is -2.17. The number of rotatable bonds is 4. The maximum absolute atomic E-state index is 12.9. The molecule has 2 unspecified atom stereocenters. The molecule has 2 atom stereocenters. The summed E-state index contributed by atoms with van der Waals surface area (Å²) in [4.78, 5) is 24.0. The molecule has 6 nitrogen and oxygen atoms in total. The Kier molecular flexibility index (Phi) is 5.13. The molecule has 0 aliphatic carbocycles. The molecule has 0 aromatic carbocycles. The van der Waals surface area contributed by atoms with E-state index in [2.05, 4.69) is 41.8 Å². The second-order valence-corrected chi connectivity index (χ2v) is 7.99. The molecule has 0 spiro atoms. The number of hydrogen-bond donors (Lipinski definition) is 2. The fraction of sp³-hybridized carbons (Fsp3) is 0.409. The molecule has 2 aliphatic heterocycles. The van der Waals surface area contributed by atoms with E-state index in [9.17, 15) is 4.79 Å². The van der Waals surface area contributed by atoms with Gasteiger partial charge < -0.3 is 10.3 Å². The van der Waals surface area contributed by atoms with E-state index >= 15 is 0 Å². The van der Waals surface area contributed by atoms with Crippen LogP contribution in [-0.4, -0.2) is 39.9 Å². The number of pyridine rings is 2. The number of hydrazine groups is 1. The van der Waals surface area contributed by atoms with Gasteiger partial charge in [0.2, 0.25) is 0 Å². The average molecular weight is 377 g/mol. The van der Waals surface area contributed by atoms with E-state index in [4.69, 9.17) is 4.98 Å². The molecule has 28 heavy (non-hydrogen) atoms. The SMILES string of the molecule is Cc1cc(-c2ccccn2)cc(C2CCN(C(=O)C3=CC(C(C)C)NN3)C2)n1. The maximum atomic E-state index is 12.9. The number of amides is 1. The molecule has 2 aromatic heterocycles. The molecule has 2 N–H and O–H groups in total. The Bertz CT molecular complexity index is 893. The monoisotopic (exact) mass is 377 g/mol. The number of likely N-dealkylation sites (tertiary alicyclic amines) is 1. The van der Waals surface area contributed by atoms with E-state index in [0.717, 1.165) is 35.6 Å². The first-order valence-corrected chi connectivity index (χ1v) is 9.94. The molecule has 0 radical (unpaired) electrons. The number of aromatic nitrogens is 2. The Morgan fingerprint density at radius 3 is 2.86 bits per heavy atom. The van der Waals surface area contributed by atoms with Crippen LogP contribution in [0.3, 0.4) is 0 Å². The lowest BCUT2D eigenvalue weighted by molar-refractivity contribution is -0.126. The van der Waals surface area contributed by atoms with Crippen LogP contribution in [0.15, 0.2) is 48.3 Å². The second kappa shape index (κ2) is 7.72. The summed E-state index contributed by atoms with van der Waals surface area (Å²) in [5, 5.41) is 0. The van der Waals surface area contributed by atoms with Gasteiger partial charge in [-0.3, -0.25) is 14.8 Å². The first-order valence-electron chi connectivity index (χ1n) is 9.94. The minimum Gasteiger partial charge on any atom is -0.337 e. The van der Waals surface area contributed by atoms with Gasteiger partial charge in [-0.25, -0.2) is 5.43 Å². The Morgan fingerprint density at radius 1 is 1.29 bits per heavy atom. The first kappa shape index (κ1) is 18.6. The van der Waals surface area contributed by atoms with Gasteiger partial charge in [-0.15, -0.1) is 0 Å². The highest BCUT2D eigenvalue weighted by Crippen LogP contribution is 2.30. The minimum atomic E-state index is 0.0655. The molecular formula is C22H27N5O. The zero-order valence-corrected chi connectivity index (χ0v) is 16.6. The molecule has 0 saturated carbocycles.